The molecular formula is C14H17NO4. The lowest BCUT2D eigenvalue weighted by Crippen LogP contribution is -2.40. The molecule has 0 radical (unpaired) electrons. The number of amides is 1. The second-order valence-corrected chi connectivity index (χ2v) is 3.92. The first kappa shape index (κ1) is 14.9. The highest BCUT2D eigenvalue weighted by atomic mass is 16.5. The first-order valence-corrected chi connectivity index (χ1v) is 5.89. The smallest absolute Gasteiger partial charge is 0.326 e. The fourth-order valence-electron chi connectivity index (χ4n) is 1.45. The maximum Gasteiger partial charge on any atom is 0.326 e. The van der Waals surface area contributed by atoms with Crippen LogP contribution in [-0.4, -0.2) is 36.7 Å². The molecular weight excluding hydrogens is 246 g/mol. The molecule has 0 saturated heterocycles. The number of aliphatic carboxylic acids is 1. The van der Waals surface area contributed by atoms with E-state index in [-0.39, 0.29) is 13.0 Å². The van der Waals surface area contributed by atoms with Gasteiger partial charge in [0.2, 0.25) is 5.91 Å². The topological polar surface area (TPSA) is 75.6 Å². The zero-order valence-electron chi connectivity index (χ0n) is 10.7. The molecule has 19 heavy (non-hydrogen) atoms. The highest BCUT2D eigenvalue weighted by Crippen LogP contribution is 2.01. The number of hydrogen-bond acceptors (Lipinski definition) is 3. The van der Waals surface area contributed by atoms with Crippen LogP contribution in [0.4, 0.5) is 0 Å². The van der Waals surface area contributed by atoms with Gasteiger partial charge < -0.3 is 15.2 Å². The Morgan fingerprint density at radius 3 is 2.63 bits per heavy atom. The monoisotopic (exact) mass is 263 g/mol. The van der Waals surface area contributed by atoms with Gasteiger partial charge in [-0.15, -0.1) is 0 Å². The van der Waals surface area contributed by atoms with E-state index in [9.17, 15) is 9.59 Å². The van der Waals surface area contributed by atoms with Gasteiger partial charge in [-0.2, -0.15) is 0 Å². The van der Waals surface area contributed by atoms with E-state index in [1.807, 2.05) is 30.3 Å². The largest absolute Gasteiger partial charge is 0.480 e. The van der Waals surface area contributed by atoms with E-state index in [1.54, 1.807) is 6.08 Å². The summed E-state index contributed by atoms with van der Waals surface area (Å²) in [5, 5.41) is 11.4. The molecule has 1 atom stereocenters. The lowest BCUT2D eigenvalue weighted by Gasteiger charge is -2.12. The van der Waals surface area contributed by atoms with E-state index < -0.39 is 17.9 Å². The van der Waals surface area contributed by atoms with Gasteiger partial charge in [-0.1, -0.05) is 30.3 Å². The summed E-state index contributed by atoms with van der Waals surface area (Å²) in [5.74, 6) is -1.51. The quantitative estimate of drug-likeness (QED) is 0.727. The first-order valence-electron chi connectivity index (χ1n) is 5.89. The molecule has 0 aliphatic rings. The predicted molar refractivity (Wildman–Crippen MR) is 71.5 cm³/mol. The Kier molecular flexibility index (Phi) is 6.32. The summed E-state index contributed by atoms with van der Waals surface area (Å²) in [5.41, 5.74) is 0.876. The van der Waals surface area contributed by atoms with Crippen LogP contribution in [0.1, 0.15) is 12.0 Å². The molecule has 102 valence electrons. The van der Waals surface area contributed by atoms with Crippen LogP contribution in [0.3, 0.4) is 0 Å². The predicted octanol–water partition coefficient (Wildman–Crippen LogP) is 1.31. The van der Waals surface area contributed by atoms with Crippen molar-refractivity contribution in [3.63, 3.8) is 0 Å². The van der Waals surface area contributed by atoms with Crippen LogP contribution in [0.5, 0.6) is 0 Å². The molecule has 2 N–H and O–H groups in total. The molecule has 0 aliphatic carbocycles. The number of rotatable bonds is 7. The Morgan fingerprint density at radius 1 is 1.37 bits per heavy atom. The molecule has 0 saturated carbocycles. The van der Waals surface area contributed by atoms with Crippen molar-refractivity contribution in [2.75, 3.05) is 13.7 Å². The minimum Gasteiger partial charge on any atom is -0.480 e. The number of nitrogens with one attached hydrogen (secondary N) is 1. The number of carboxylic acid groups (broad SMARTS) is 1. The Bertz CT molecular complexity index is 442. The van der Waals surface area contributed by atoms with E-state index in [1.165, 1.54) is 13.2 Å². The zero-order valence-corrected chi connectivity index (χ0v) is 10.7. The molecule has 1 unspecified atom stereocenters. The van der Waals surface area contributed by atoms with Gasteiger partial charge in [0.05, 0.1) is 0 Å². The summed E-state index contributed by atoms with van der Waals surface area (Å²) in [4.78, 5) is 22.5. The number of carbonyl (C=O) groups excluding carboxylic acids is 1. The molecule has 0 spiro atoms. The fourth-order valence-corrected chi connectivity index (χ4v) is 1.45. The summed E-state index contributed by atoms with van der Waals surface area (Å²) < 4.78 is 4.80. The second kappa shape index (κ2) is 8.05. The van der Waals surface area contributed by atoms with E-state index in [2.05, 4.69) is 5.32 Å². The molecule has 1 rings (SSSR count). The maximum atomic E-state index is 11.6. The summed E-state index contributed by atoms with van der Waals surface area (Å²) in [6.07, 6.45) is 3.18. The minimum atomic E-state index is -1.07. The Labute approximate surface area is 111 Å². The van der Waals surface area contributed by atoms with Crippen molar-refractivity contribution in [3.8, 4) is 0 Å². The van der Waals surface area contributed by atoms with Gasteiger partial charge in [0.25, 0.3) is 0 Å². The standard InChI is InChI=1S/C14H17NO4/c1-19-10-9-12(14(17)18)15-13(16)8-7-11-5-3-2-4-6-11/h2-8,12H,9-10H2,1H3,(H,15,16)(H,17,18)/b8-7+. The number of benzene rings is 1. The van der Waals surface area contributed by atoms with Crippen LogP contribution in [0, 0.1) is 0 Å². The van der Waals surface area contributed by atoms with Crippen LogP contribution in [0.2, 0.25) is 0 Å². The van der Waals surface area contributed by atoms with Gasteiger partial charge >= 0.3 is 5.97 Å². The van der Waals surface area contributed by atoms with E-state index in [4.69, 9.17) is 9.84 Å². The third-order valence-corrected chi connectivity index (χ3v) is 2.45. The van der Waals surface area contributed by atoms with Crippen LogP contribution in [0.15, 0.2) is 36.4 Å². The molecule has 5 nitrogen and oxygen atoms in total. The van der Waals surface area contributed by atoms with E-state index in [0.717, 1.165) is 5.56 Å². The van der Waals surface area contributed by atoms with Crippen LogP contribution in [0.25, 0.3) is 6.08 Å². The number of ether oxygens (including phenoxy) is 1. The average Bonchev–Trinajstić information content (AvgIpc) is 2.42. The van der Waals surface area contributed by atoms with Gasteiger partial charge in [-0.05, 0) is 11.6 Å². The van der Waals surface area contributed by atoms with Gasteiger partial charge in [0.15, 0.2) is 0 Å². The van der Waals surface area contributed by atoms with Gasteiger partial charge in [-0.3, -0.25) is 4.79 Å². The van der Waals surface area contributed by atoms with E-state index >= 15 is 0 Å². The number of methoxy groups -OCH3 is 1. The van der Waals surface area contributed by atoms with Crippen molar-refractivity contribution < 1.29 is 19.4 Å². The fraction of sp³-hybridized carbons (Fsp3) is 0.286. The molecule has 5 heteroatoms. The van der Waals surface area contributed by atoms with Crippen molar-refractivity contribution in [3.05, 3.63) is 42.0 Å². The van der Waals surface area contributed by atoms with Crippen molar-refractivity contribution in [2.45, 2.75) is 12.5 Å². The average molecular weight is 263 g/mol. The van der Waals surface area contributed by atoms with Crippen molar-refractivity contribution >= 4 is 18.0 Å². The molecule has 0 heterocycles. The van der Waals surface area contributed by atoms with Crippen LogP contribution in [-0.2, 0) is 14.3 Å². The van der Waals surface area contributed by atoms with Crippen LogP contribution < -0.4 is 5.32 Å². The molecule has 1 amide bonds. The second-order valence-electron chi connectivity index (χ2n) is 3.92. The summed E-state index contributed by atoms with van der Waals surface area (Å²) in [7, 11) is 1.48. The summed E-state index contributed by atoms with van der Waals surface area (Å²) in [6.45, 7) is 0.277. The molecule has 0 bridgehead atoms. The number of hydrogen-bond donors (Lipinski definition) is 2. The maximum absolute atomic E-state index is 11.6. The lowest BCUT2D eigenvalue weighted by atomic mass is 10.2. The van der Waals surface area contributed by atoms with Crippen molar-refractivity contribution in [2.24, 2.45) is 0 Å². The molecule has 1 aromatic rings. The van der Waals surface area contributed by atoms with Crippen molar-refractivity contribution in [1.82, 2.24) is 5.32 Å². The molecule has 0 fully saturated rings. The van der Waals surface area contributed by atoms with Gasteiger partial charge in [-0.25, -0.2) is 4.79 Å². The van der Waals surface area contributed by atoms with E-state index in [0.29, 0.717) is 0 Å². The van der Waals surface area contributed by atoms with Crippen molar-refractivity contribution in [1.29, 1.82) is 0 Å². The zero-order chi connectivity index (χ0) is 14.1. The molecule has 0 aromatic heterocycles. The SMILES string of the molecule is COCCC(NC(=O)/C=C/c1ccccc1)C(=O)O. The lowest BCUT2D eigenvalue weighted by molar-refractivity contribution is -0.141. The first-order chi connectivity index (χ1) is 9.13. The Morgan fingerprint density at radius 2 is 2.05 bits per heavy atom. The van der Waals surface area contributed by atoms with Gasteiger partial charge in [0.1, 0.15) is 6.04 Å². The summed E-state index contributed by atoms with van der Waals surface area (Å²) in [6, 6.07) is 8.36. The Balaban J connectivity index is 2.53. The van der Waals surface area contributed by atoms with Crippen LogP contribution >= 0.6 is 0 Å². The molecule has 1 aromatic carbocycles. The van der Waals surface area contributed by atoms with Gasteiger partial charge in [0, 0.05) is 26.2 Å². The Hall–Kier alpha value is -2.14. The third-order valence-electron chi connectivity index (χ3n) is 2.45. The minimum absolute atomic E-state index is 0.233. The highest BCUT2D eigenvalue weighted by molar-refractivity contribution is 5.94. The number of carboxylic acids is 1. The normalized spacial score (nSPS) is 12.3. The highest BCUT2D eigenvalue weighted by Gasteiger charge is 2.18. The number of carbonyl (C=O) groups is 2. The summed E-state index contributed by atoms with van der Waals surface area (Å²) >= 11 is 0. The third kappa shape index (κ3) is 5.83. The molecule has 0 aliphatic heterocycles.